The Morgan fingerprint density at radius 2 is 2.21 bits per heavy atom. The van der Waals surface area contributed by atoms with Crippen molar-refractivity contribution in [1.29, 1.82) is 0 Å². The monoisotopic (exact) mass is 259 g/mol. The van der Waals surface area contributed by atoms with E-state index >= 15 is 0 Å². The van der Waals surface area contributed by atoms with Gasteiger partial charge in [-0.1, -0.05) is 19.9 Å². The molecule has 0 aliphatic heterocycles. The van der Waals surface area contributed by atoms with E-state index < -0.39 is 0 Å². The van der Waals surface area contributed by atoms with E-state index in [1.54, 1.807) is 0 Å². The number of rotatable bonds is 5. The van der Waals surface area contributed by atoms with Crippen LogP contribution >= 0.6 is 0 Å². The Labute approximate surface area is 113 Å². The summed E-state index contributed by atoms with van der Waals surface area (Å²) in [5, 5.41) is 2.95. The molecule has 0 aliphatic carbocycles. The average Bonchev–Trinajstić information content (AvgIpc) is 2.67. The predicted molar refractivity (Wildman–Crippen MR) is 77.0 cm³/mol. The van der Waals surface area contributed by atoms with Gasteiger partial charge in [-0.15, -0.1) is 0 Å². The Morgan fingerprint density at radius 3 is 2.95 bits per heavy atom. The van der Waals surface area contributed by atoms with E-state index in [2.05, 4.69) is 29.1 Å². The zero-order valence-electron chi connectivity index (χ0n) is 11.8. The molecule has 0 fully saturated rings. The maximum Gasteiger partial charge on any atom is 0.224 e. The highest BCUT2D eigenvalue weighted by molar-refractivity contribution is 5.81. The van der Waals surface area contributed by atoms with Crippen molar-refractivity contribution in [2.45, 2.75) is 33.6 Å². The Balaban J connectivity index is 1.95. The van der Waals surface area contributed by atoms with E-state index in [4.69, 9.17) is 0 Å². The van der Waals surface area contributed by atoms with Crippen molar-refractivity contribution >= 4 is 16.9 Å². The second-order valence-electron chi connectivity index (χ2n) is 5.38. The lowest BCUT2D eigenvalue weighted by molar-refractivity contribution is -0.120. The molecule has 1 aromatic carbocycles. The Morgan fingerprint density at radius 1 is 1.42 bits per heavy atom. The van der Waals surface area contributed by atoms with Gasteiger partial charge in [0, 0.05) is 6.54 Å². The first kappa shape index (κ1) is 13.6. The molecule has 0 bridgehead atoms. The number of aryl methyl sites for hydroxylation is 1. The molecule has 102 valence electrons. The molecule has 0 unspecified atom stereocenters. The van der Waals surface area contributed by atoms with Crippen molar-refractivity contribution in [2.24, 2.45) is 5.92 Å². The number of carbonyl (C=O) groups is 1. The fraction of sp³-hybridized carbons (Fsp3) is 0.467. The van der Waals surface area contributed by atoms with Gasteiger partial charge in [0.15, 0.2) is 0 Å². The van der Waals surface area contributed by atoms with Crippen LogP contribution < -0.4 is 5.32 Å². The van der Waals surface area contributed by atoms with Gasteiger partial charge in [-0.05, 0) is 37.0 Å². The van der Waals surface area contributed by atoms with Gasteiger partial charge in [-0.3, -0.25) is 4.79 Å². The second-order valence-corrected chi connectivity index (χ2v) is 5.38. The number of imidazole rings is 1. The highest BCUT2D eigenvalue weighted by atomic mass is 16.1. The van der Waals surface area contributed by atoms with Gasteiger partial charge >= 0.3 is 0 Å². The van der Waals surface area contributed by atoms with Crippen molar-refractivity contribution in [2.75, 3.05) is 6.54 Å². The molecule has 0 spiro atoms. The summed E-state index contributed by atoms with van der Waals surface area (Å²) in [5.74, 6) is 1.59. The molecule has 0 saturated carbocycles. The quantitative estimate of drug-likeness (QED) is 0.867. The number of nitrogens with zero attached hydrogens (tertiary/aromatic N) is 1. The molecule has 19 heavy (non-hydrogen) atoms. The first-order valence-electron chi connectivity index (χ1n) is 6.76. The van der Waals surface area contributed by atoms with E-state index in [9.17, 15) is 4.79 Å². The summed E-state index contributed by atoms with van der Waals surface area (Å²) in [6.45, 7) is 6.99. The molecule has 2 aromatic rings. The second kappa shape index (κ2) is 5.87. The summed E-state index contributed by atoms with van der Waals surface area (Å²) < 4.78 is 0. The highest BCUT2D eigenvalue weighted by Crippen LogP contribution is 2.13. The number of nitrogens with one attached hydrogen (secondary N) is 2. The molecular formula is C15H21N3O. The van der Waals surface area contributed by atoms with Gasteiger partial charge in [0.25, 0.3) is 0 Å². The first-order chi connectivity index (χ1) is 9.04. The minimum atomic E-state index is 0.0798. The number of fused-ring (bicyclic) bond motifs is 1. The number of benzene rings is 1. The smallest absolute Gasteiger partial charge is 0.224 e. The van der Waals surface area contributed by atoms with Crippen molar-refractivity contribution in [3.8, 4) is 0 Å². The van der Waals surface area contributed by atoms with Crippen LogP contribution in [0.3, 0.4) is 0 Å². The molecule has 1 aromatic heterocycles. The molecule has 0 saturated heterocycles. The van der Waals surface area contributed by atoms with Crippen LogP contribution in [-0.2, 0) is 11.2 Å². The standard InChI is InChI=1S/C15H21N3O/c1-10(2)6-7-16-15(19)9-12-4-5-13-14(8-12)18-11(3)17-13/h4-5,8,10H,6-7,9H2,1-3H3,(H,16,19)(H,17,18). The minimum Gasteiger partial charge on any atom is -0.356 e. The minimum absolute atomic E-state index is 0.0798. The van der Waals surface area contributed by atoms with Crippen molar-refractivity contribution in [3.05, 3.63) is 29.6 Å². The number of hydrogen-bond acceptors (Lipinski definition) is 2. The van der Waals surface area contributed by atoms with Crippen LogP contribution in [0.15, 0.2) is 18.2 Å². The van der Waals surface area contributed by atoms with Gasteiger partial charge in [-0.2, -0.15) is 0 Å². The van der Waals surface area contributed by atoms with Crippen molar-refractivity contribution in [1.82, 2.24) is 15.3 Å². The van der Waals surface area contributed by atoms with Crippen LogP contribution in [-0.4, -0.2) is 22.4 Å². The average molecular weight is 259 g/mol. The van der Waals surface area contributed by atoms with Crippen LogP contribution in [0.25, 0.3) is 11.0 Å². The topological polar surface area (TPSA) is 57.8 Å². The summed E-state index contributed by atoms with van der Waals surface area (Å²) in [7, 11) is 0. The number of amides is 1. The summed E-state index contributed by atoms with van der Waals surface area (Å²) in [6.07, 6.45) is 1.44. The molecule has 1 heterocycles. The van der Waals surface area contributed by atoms with E-state index in [0.717, 1.165) is 35.4 Å². The number of carbonyl (C=O) groups excluding carboxylic acids is 1. The Kier molecular flexibility index (Phi) is 4.20. The first-order valence-corrected chi connectivity index (χ1v) is 6.76. The van der Waals surface area contributed by atoms with Crippen LogP contribution in [0.2, 0.25) is 0 Å². The normalized spacial score (nSPS) is 11.2. The maximum absolute atomic E-state index is 11.8. The Hall–Kier alpha value is -1.84. The molecule has 0 atom stereocenters. The molecule has 2 rings (SSSR count). The maximum atomic E-state index is 11.8. The summed E-state index contributed by atoms with van der Waals surface area (Å²) >= 11 is 0. The molecule has 4 nitrogen and oxygen atoms in total. The van der Waals surface area contributed by atoms with E-state index in [-0.39, 0.29) is 5.91 Å². The van der Waals surface area contributed by atoms with Gasteiger partial charge in [-0.25, -0.2) is 4.98 Å². The Bertz CT molecular complexity index is 572. The predicted octanol–water partition coefficient (Wildman–Crippen LogP) is 2.58. The third-order valence-corrected chi connectivity index (χ3v) is 3.07. The van der Waals surface area contributed by atoms with Crippen LogP contribution in [0.4, 0.5) is 0 Å². The summed E-state index contributed by atoms with van der Waals surface area (Å²) in [6, 6.07) is 5.91. The number of hydrogen-bond donors (Lipinski definition) is 2. The fourth-order valence-corrected chi connectivity index (χ4v) is 2.04. The lowest BCUT2D eigenvalue weighted by atomic mass is 10.1. The van der Waals surface area contributed by atoms with Crippen LogP contribution in [0, 0.1) is 12.8 Å². The van der Waals surface area contributed by atoms with Crippen LogP contribution in [0.1, 0.15) is 31.7 Å². The number of H-pyrrole nitrogens is 1. The molecular weight excluding hydrogens is 238 g/mol. The molecule has 1 amide bonds. The van der Waals surface area contributed by atoms with Crippen LogP contribution in [0.5, 0.6) is 0 Å². The van der Waals surface area contributed by atoms with Crippen molar-refractivity contribution in [3.63, 3.8) is 0 Å². The lowest BCUT2D eigenvalue weighted by Gasteiger charge is -2.07. The third-order valence-electron chi connectivity index (χ3n) is 3.07. The molecule has 2 N–H and O–H groups in total. The zero-order valence-corrected chi connectivity index (χ0v) is 11.8. The SMILES string of the molecule is Cc1nc2ccc(CC(=O)NCCC(C)C)cc2[nH]1. The van der Waals surface area contributed by atoms with E-state index in [1.165, 1.54) is 0 Å². The fourth-order valence-electron chi connectivity index (χ4n) is 2.04. The number of aromatic amines is 1. The van der Waals surface area contributed by atoms with E-state index in [1.807, 2.05) is 25.1 Å². The largest absolute Gasteiger partial charge is 0.356 e. The van der Waals surface area contributed by atoms with E-state index in [0.29, 0.717) is 12.3 Å². The van der Waals surface area contributed by atoms with Gasteiger partial charge in [0.1, 0.15) is 5.82 Å². The highest BCUT2D eigenvalue weighted by Gasteiger charge is 2.06. The van der Waals surface area contributed by atoms with Crippen molar-refractivity contribution < 1.29 is 4.79 Å². The summed E-state index contributed by atoms with van der Waals surface area (Å²) in [4.78, 5) is 19.3. The number of aromatic nitrogens is 2. The molecule has 4 heteroatoms. The third kappa shape index (κ3) is 3.81. The van der Waals surface area contributed by atoms with Gasteiger partial charge in [0.05, 0.1) is 17.5 Å². The van der Waals surface area contributed by atoms with Gasteiger partial charge in [0.2, 0.25) is 5.91 Å². The zero-order chi connectivity index (χ0) is 13.8. The van der Waals surface area contributed by atoms with Gasteiger partial charge < -0.3 is 10.3 Å². The molecule has 0 aliphatic rings. The summed E-state index contributed by atoms with van der Waals surface area (Å²) in [5.41, 5.74) is 2.95. The lowest BCUT2D eigenvalue weighted by Crippen LogP contribution is -2.26. The molecule has 0 radical (unpaired) electrons.